The molecule has 3 nitrogen and oxygen atoms in total. The lowest BCUT2D eigenvalue weighted by Crippen LogP contribution is -2.13. The second kappa shape index (κ2) is 4.52. The summed E-state index contributed by atoms with van der Waals surface area (Å²) in [5.41, 5.74) is -1.18. The van der Waals surface area contributed by atoms with Crippen LogP contribution in [-0.2, 0) is 11.5 Å². The highest BCUT2D eigenvalue weighted by atomic mass is 79.9. The monoisotopic (exact) mass is 304 g/mol. The third-order valence-electron chi connectivity index (χ3n) is 1.60. The third kappa shape index (κ3) is 2.52. The van der Waals surface area contributed by atoms with E-state index in [2.05, 4.69) is 30.9 Å². The molecule has 0 spiro atoms. The molecule has 0 fully saturated rings. The standard InChI is InChI=1S/C7H5BrClF3N2O/c1-15-6-4(7(10,11)12)3(2-8)5(9)13-14-6/h2H2,1H3. The molecular formula is C7H5BrClF3N2O. The van der Waals surface area contributed by atoms with E-state index < -0.39 is 17.6 Å². The van der Waals surface area contributed by atoms with Crippen molar-refractivity contribution in [3.8, 4) is 5.88 Å². The maximum absolute atomic E-state index is 12.6. The molecule has 1 aromatic rings. The van der Waals surface area contributed by atoms with Crippen LogP contribution in [0.25, 0.3) is 0 Å². The van der Waals surface area contributed by atoms with Gasteiger partial charge in [-0.15, -0.1) is 10.2 Å². The molecule has 84 valence electrons. The van der Waals surface area contributed by atoms with Crippen LogP contribution in [0.2, 0.25) is 5.15 Å². The summed E-state index contributed by atoms with van der Waals surface area (Å²) in [6, 6.07) is 0. The van der Waals surface area contributed by atoms with Gasteiger partial charge in [0.1, 0.15) is 5.56 Å². The molecule has 0 aliphatic carbocycles. The van der Waals surface area contributed by atoms with Crippen molar-refractivity contribution in [3.63, 3.8) is 0 Å². The van der Waals surface area contributed by atoms with Gasteiger partial charge < -0.3 is 4.74 Å². The van der Waals surface area contributed by atoms with E-state index in [1.807, 2.05) is 0 Å². The van der Waals surface area contributed by atoms with Gasteiger partial charge >= 0.3 is 6.18 Å². The zero-order valence-corrected chi connectivity index (χ0v) is 9.74. The highest BCUT2D eigenvalue weighted by molar-refractivity contribution is 9.08. The van der Waals surface area contributed by atoms with Crippen LogP contribution < -0.4 is 4.74 Å². The van der Waals surface area contributed by atoms with Crippen molar-refractivity contribution in [3.05, 3.63) is 16.3 Å². The first-order valence-corrected chi connectivity index (χ1v) is 5.14. The molecule has 1 heterocycles. The van der Waals surface area contributed by atoms with Crippen molar-refractivity contribution in [2.45, 2.75) is 11.5 Å². The largest absolute Gasteiger partial charge is 0.479 e. The van der Waals surface area contributed by atoms with Gasteiger partial charge in [0.05, 0.1) is 7.11 Å². The van der Waals surface area contributed by atoms with E-state index in [-0.39, 0.29) is 16.0 Å². The quantitative estimate of drug-likeness (QED) is 0.788. The maximum atomic E-state index is 12.6. The molecule has 0 radical (unpaired) electrons. The summed E-state index contributed by atoms with van der Waals surface area (Å²) in [4.78, 5) is 0. The molecule has 1 rings (SSSR count). The number of aromatic nitrogens is 2. The smallest absolute Gasteiger partial charge is 0.422 e. The number of halogens is 5. The molecule has 1 aromatic heterocycles. The van der Waals surface area contributed by atoms with Crippen LogP contribution in [0.15, 0.2) is 0 Å². The van der Waals surface area contributed by atoms with Crippen molar-refractivity contribution in [1.29, 1.82) is 0 Å². The topological polar surface area (TPSA) is 35.0 Å². The summed E-state index contributed by atoms with van der Waals surface area (Å²) in [5, 5.41) is 6.21. The predicted molar refractivity (Wildman–Crippen MR) is 51.2 cm³/mol. The van der Waals surface area contributed by atoms with Gasteiger partial charge in [-0.25, -0.2) is 0 Å². The van der Waals surface area contributed by atoms with Gasteiger partial charge in [-0.2, -0.15) is 13.2 Å². The van der Waals surface area contributed by atoms with Crippen LogP contribution in [0.5, 0.6) is 5.88 Å². The molecule has 0 bridgehead atoms. The van der Waals surface area contributed by atoms with Crippen molar-refractivity contribution in [2.75, 3.05) is 7.11 Å². The Kier molecular flexibility index (Phi) is 3.77. The van der Waals surface area contributed by atoms with Crippen LogP contribution in [0.4, 0.5) is 13.2 Å². The highest BCUT2D eigenvalue weighted by Gasteiger charge is 2.39. The van der Waals surface area contributed by atoms with Gasteiger partial charge in [0.15, 0.2) is 5.15 Å². The average Bonchev–Trinajstić information content (AvgIpc) is 2.15. The average molecular weight is 305 g/mol. The summed E-state index contributed by atoms with van der Waals surface area (Å²) in [6.07, 6.45) is -4.58. The fraction of sp³-hybridized carbons (Fsp3) is 0.429. The zero-order valence-electron chi connectivity index (χ0n) is 7.40. The Hall–Kier alpha value is -0.560. The summed E-state index contributed by atoms with van der Waals surface area (Å²) >= 11 is 8.41. The SMILES string of the molecule is COc1nnc(Cl)c(CBr)c1C(F)(F)F. The number of hydrogen-bond donors (Lipinski definition) is 0. The predicted octanol–water partition coefficient (Wildman–Crippen LogP) is 3.05. The Balaban J connectivity index is 3.48. The Morgan fingerprint density at radius 3 is 2.40 bits per heavy atom. The molecule has 0 atom stereocenters. The summed E-state index contributed by atoms with van der Waals surface area (Å²) < 4.78 is 42.4. The molecule has 0 saturated heterocycles. The Labute approximate surface area is 96.7 Å². The van der Waals surface area contributed by atoms with Gasteiger partial charge in [-0.1, -0.05) is 27.5 Å². The van der Waals surface area contributed by atoms with E-state index in [0.717, 1.165) is 7.11 Å². The first kappa shape index (κ1) is 12.5. The van der Waals surface area contributed by atoms with Gasteiger partial charge in [0, 0.05) is 10.9 Å². The van der Waals surface area contributed by atoms with E-state index in [9.17, 15) is 13.2 Å². The Morgan fingerprint density at radius 1 is 1.40 bits per heavy atom. The fourth-order valence-corrected chi connectivity index (χ4v) is 1.90. The van der Waals surface area contributed by atoms with Crippen LogP contribution in [0, 0.1) is 0 Å². The molecular weight excluding hydrogens is 300 g/mol. The third-order valence-corrected chi connectivity index (χ3v) is 2.47. The molecule has 0 amide bonds. The minimum absolute atomic E-state index is 0.0768. The van der Waals surface area contributed by atoms with Crippen molar-refractivity contribution in [2.24, 2.45) is 0 Å². The lowest BCUT2D eigenvalue weighted by Gasteiger charge is -2.14. The van der Waals surface area contributed by atoms with E-state index in [1.54, 1.807) is 0 Å². The van der Waals surface area contributed by atoms with Crippen molar-refractivity contribution >= 4 is 27.5 Å². The first-order valence-electron chi connectivity index (χ1n) is 3.64. The van der Waals surface area contributed by atoms with E-state index in [4.69, 9.17) is 11.6 Å². The second-order valence-electron chi connectivity index (χ2n) is 2.49. The maximum Gasteiger partial charge on any atom is 0.422 e. The Bertz CT molecular complexity index is 372. The first-order chi connectivity index (χ1) is 6.91. The lowest BCUT2D eigenvalue weighted by atomic mass is 10.2. The number of methoxy groups -OCH3 is 1. The van der Waals surface area contributed by atoms with Crippen LogP contribution in [0.3, 0.4) is 0 Å². The molecule has 0 unspecified atom stereocenters. The minimum atomic E-state index is -4.58. The summed E-state index contributed by atoms with van der Waals surface area (Å²) in [7, 11) is 1.09. The summed E-state index contributed by atoms with van der Waals surface area (Å²) in [6.45, 7) is 0. The van der Waals surface area contributed by atoms with Crippen LogP contribution >= 0.6 is 27.5 Å². The fourth-order valence-electron chi connectivity index (χ4n) is 0.989. The van der Waals surface area contributed by atoms with E-state index >= 15 is 0 Å². The molecule has 8 heteroatoms. The lowest BCUT2D eigenvalue weighted by molar-refractivity contribution is -0.139. The number of ether oxygens (including phenoxy) is 1. The Morgan fingerprint density at radius 2 is 2.00 bits per heavy atom. The van der Waals surface area contributed by atoms with Crippen LogP contribution in [-0.4, -0.2) is 17.3 Å². The summed E-state index contributed by atoms with van der Waals surface area (Å²) in [5.74, 6) is -0.582. The highest BCUT2D eigenvalue weighted by Crippen LogP contribution is 2.39. The minimum Gasteiger partial charge on any atom is -0.479 e. The van der Waals surface area contributed by atoms with Crippen molar-refractivity contribution in [1.82, 2.24) is 10.2 Å². The molecule has 15 heavy (non-hydrogen) atoms. The zero-order chi connectivity index (χ0) is 11.6. The number of alkyl halides is 4. The van der Waals surface area contributed by atoms with E-state index in [1.165, 1.54) is 0 Å². The molecule has 0 aliphatic heterocycles. The molecule has 0 aromatic carbocycles. The molecule has 0 saturated carbocycles. The number of hydrogen-bond acceptors (Lipinski definition) is 3. The van der Waals surface area contributed by atoms with E-state index in [0.29, 0.717) is 0 Å². The van der Waals surface area contributed by atoms with Gasteiger partial charge in [-0.3, -0.25) is 0 Å². The van der Waals surface area contributed by atoms with Gasteiger partial charge in [-0.05, 0) is 0 Å². The second-order valence-corrected chi connectivity index (χ2v) is 3.40. The van der Waals surface area contributed by atoms with Gasteiger partial charge in [0.25, 0.3) is 0 Å². The van der Waals surface area contributed by atoms with Crippen molar-refractivity contribution < 1.29 is 17.9 Å². The molecule has 0 aliphatic rings. The number of nitrogens with zero attached hydrogens (tertiary/aromatic N) is 2. The normalized spacial score (nSPS) is 11.6. The molecule has 0 N–H and O–H groups in total. The number of rotatable bonds is 2. The van der Waals surface area contributed by atoms with Gasteiger partial charge in [0.2, 0.25) is 5.88 Å². The van der Waals surface area contributed by atoms with Crippen LogP contribution in [0.1, 0.15) is 11.1 Å².